The van der Waals surface area contributed by atoms with Crippen LogP contribution in [-0.2, 0) is 0 Å². The van der Waals surface area contributed by atoms with Crippen LogP contribution in [0.2, 0.25) is 0 Å². The van der Waals surface area contributed by atoms with Crippen molar-refractivity contribution >= 4 is 24.2 Å². The Balaban J connectivity index is 0.00000147. The highest BCUT2D eigenvalue weighted by molar-refractivity contribution is 7.99. The van der Waals surface area contributed by atoms with Crippen LogP contribution in [0, 0.1) is 11.8 Å². The molecule has 20 heavy (non-hydrogen) atoms. The molecule has 0 amide bonds. The quantitative estimate of drug-likeness (QED) is 0.927. The van der Waals surface area contributed by atoms with Gasteiger partial charge in [0.15, 0.2) is 0 Å². The standard InChI is InChI=1S/C16H24N2S.ClH/c17-8-15-10-18(9-13-6-7-19-12-13)11-16(15)14-4-2-1-3-5-14;/h1-5,13,15-16H,6-12,17H2;1H/t13?,15-,16+;/m1./s1. The first-order chi connectivity index (χ1) is 9.36. The van der Waals surface area contributed by atoms with Crippen molar-refractivity contribution < 1.29 is 0 Å². The Hall–Kier alpha value is -0.220. The fraction of sp³-hybridized carbons (Fsp3) is 0.625. The average Bonchev–Trinajstić information content (AvgIpc) is 3.09. The van der Waals surface area contributed by atoms with Crippen LogP contribution in [0.25, 0.3) is 0 Å². The van der Waals surface area contributed by atoms with E-state index in [0.29, 0.717) is 11.8 Å². The summed E-state index contributed by atoms with van der Waals surface area (Å²) in [6.07, 6.45) is 1.41. The van der Waals surface area contributed by atoms with E-state index in [1.54, 1.807) is 0 Å². The van der Waals surface area contributed by atoms with Crippen LogP contribution in [0.1, 0.15) is 17.9 Å². The molecule has 2 nitrogen and oxygen atoms in total. The van der Waals surface area contributed by atoms with E-state index in [4.69, 9.17) is 5.73 Å². The Bertz CT molecular complexity index is 395. The summed E-state index contributed by atoms with van der Waals surface area (Å²) in [5.41, 5.74) is 7.47. The second-order valence-electron chi connectivity index (χ2n) is 5.96. The molecule has 0 aromatic heterocycles. The van der Waals surface area contributed by atoms with Crippen molar-refractivity contribution in [2.75, 3.05) is 37.7 Å². The smallest absolute Gasteiger partial charge is 0.00542 e. The first kappa shape index (κ1) is 16.2. The normalized spacial score (nSPS) is 30.4. The molecule has 0 aliphatic carbocycles. The number of nitrogens with two attached hydrogens (primary N) is 1. The number of nitrogens with zero attached hydrogens (tertiary/aromatic N) is 1. The highest BCUT2D eigenvalue weighted by atomic mass is 35.5. The van der Waals surface area contributed by atoms with Crippen LogP contribution in [-0.4, -0.2) is 42.6 Å². The van der Waals surface area contributed by atoms with Crippen LogP contribution < -0.4 is 5.73 Å². The lowest BCUT2D eigenvalue weighted by Crippen LogP contribution is -2.28. The molecule has 0 saturated carbocycles. The highest BCUT2D eigenvalue weighted by Crippen LogP contribution is 2.33. The summed E-state index contributed by atoms with van der Waals surface area (Å²) in [4.78, 5) is 2.66. The molecule has 112 valence electrons. The fourth-order valence-electron chi connectivity index (χ4n) is 3.52. The summed E-state index contributed by atoms with van der Waals surface area (Å²) >= 11 is 2.12. The van der Waals surface area contributed by atoms with Gasteiger partial charge in [-0.1, -0.05) is 30.3 Å². The van der Waals surface area contributed by atoms with E-state index in [1.807, 2.05) is 0 Å². The maximum absolute atomic E-state index is 6.00. The van der Waals surface area contributed by atoms with Gasteiger partial charge >= 0.3 is 0 Å². The second-order valence-corrected chi connectivity index (χ2v) is 7.11. The van der Waals surface area contributed by atoms with E-state index in [-0.39, 0.29) is 12.4 Å². The van der Waals surface area contributed by atoms with Crippen molar-refractivity contribution in [1.82, 2.24) is 4.90 Å². The molecule has 3 rings (SSSR count). The van der Waals surface area contributed by atoms with Crippen LogP contribution >= 0.6 is 24.2 Å². The third-order valence-electron chi connectivity index (χ3n) is 4.59. The number of hydrogen-bond donors (Lipinski definition) is 1. The summed E-state index contributed by atoms with van der Waals surface area (Å²) in [5, 5.41) is 0. The van der Waals surface area contributed by atoms with E-state index >= 15 is 0 Å². The minimum Gasteiger partial charge on any atom is -0.330 e. The molecule has 0 bridgehead atoms. The number of hydrogen-bond acceptors (Lipinski definition) is 3. The van der Waals surface area contributed by atoms with Crippen molar-refractivity contribution in [1.29, 1.82) is 0 Å². The summed E-state index contributed by atoms with van der Waals surface area (Å²) in [7, 11) is 0. The van der Waals surface area contributed by atoms with Gasteiger partial charge < -0.3 is 10.6 Å². The Morgan fingerprint density at radius 3 is 2.65 bits per heavy atom. The van der Waals surface area contributed by atoms with E-state index in [0.717, 1.165) is 12.5 Å². The molecule has 4 heteroatoms. The predicted octanol–water partition coefficient (Wildman–Crippen LogP) is 2.84. The zero-order valence-corrected chi connectivity index (χ0v) is 13.5. The summed E-state index contributed by atoms with van der Waals surface area (Å²) in [5.74, 6) is 4.91. The molecule has 2 saturated heterocycles. The lowest BCUT2D eigenvalue weighted by atomic mass is 9.89. The Morgan fingerprint density at radius 2 is 2.00 bits per heavy atom. The molecule has 3 atom stereocenters. The van der Waals surface area contributed by atoms with Crippen molar-refractivity contribution in [3.05, 3.63) is 35.9 Å². The highest BCUT2D eigenvalue weighted by Gasteiger charge is 2.34. The fourth-order valence-corrected chi connectivity index (χ4v) is 4.79. The van der Waals surface area contributed by atoms with Gasteiger partial charge in [0, 0.05) is 25.6 Å². The predicted molar refractivity (Wildman–Crippen MR) is 90.8 cm³/mol. The molecule has 1 aromatic carbocycles. The van der Waals surface area contributed by atoms with Crippen LogP contribution in [0.4, 0.5) is 0 Å². The van der Waals surface area contributed by atoms with Gasteiger partial charge in [-0.3, -0.25) is 0 Å². The zero-order chi connectivity index (χ0) is 13.1. The Morgan fingerprint density at radius 1 is 1.20 bits per heavy atom. The number of halogens is 1. The van der Waals surface area contributed by atoms with E-state index in [1.165, 1.54) is 43.1 Å². The van der Waals surface area contributed by atoms with Gasteiger partial charge in [0.05, 0.1) is 0 Å². The molecule has 2 fully saturated rings. The van der Waals surface area contributed by atoms with Gasteiger partial charge in [0.25, 0.3) is 0 Å². The third-order valence-corrected chi connectivity index (χ3v) is 5.82. The first-order valence-electron chi connectivity index (χ1n) is 7.42. The minimum absolute atomic E-state index is 0. The molecule has 1 unspecified atom stereocenters. The van der Waals surface area contributed by atoms with Crippen molar-refractivity contribution in [3.63, 3.8) is 0 Å². The van der Waals surface area contributed by atoms with Gasteiger partial charge in [-0.05, 0) is 41.9 Å². The summed E-state index contributed by atoms with van der Waals surface area (Å²) in [6.45, 7) is 4.49. The first-order valence-corrected chi connectivity index (χ1v) is 8.57. The van der Waals surface area contributed by atoms with Gasteiger partial charge in [-0.2, -0.15) is 11.8 Å². The van der Waals surface area contributed by atoms with Crippen molar-refractivity contribution in [3.8, 4) is 0 Å². The molecular formula is C16H25ClN2S. The molecular weight excluding hydrogens is 288 g/mol. The largest absolute Gasteiger partial charge is 0.330 e. The average molecular weight is 313 g/mol. The third kappa shape index (κ3) is 3.70. The molecule has 1 aromatic rings. The van der Waals surface area contributed by atoms with Gasteiger partial charge in [0.2, 0.25) is 0 Å². The van der Waals surface area contributed by atoms with Gasteiger partial charge in [-0.15, -0.1) is 12.4 Å². The van der Waals surface area contributed by atoms with Crippen molar-refractivity contribution in [2.45, 2.75) is 12.3 Å². The number of thioether (sulfide) groups is 1. The van der Waals surface area contributed by atoms with Gasteiger partial charge in [-0.25, -0.2) is 0 Å². The number of benzene rings is 1. The molecule has 0 radical (unpaired) electrons. The number of rotatable bonds is 4. The zero-order valence-electron chi connectivity index (χ0n) is 11.9. The lowest BCUT2D eigenvalue weighted by molar-refractivity contribution is 0.280. The van der Waals surface area contributed by atoms with Crippen LogP contribution in [0.15, 0.2) is 30.3 Å². The maximum atomic E-state index is 6.00. The second kappa shape index (κ2) is 7.69. The van der Waals surface area contributed by atoms with Gasteiger partial charge in [0.1, 0.15) is 0 Å². The lowest BCUT2D eigenvalue weighted by Gasteiger charge is -2.19. The van der Waals surface area contributed by atoms with E-state index in [2.05, 4.69) is 47.0 Å². The monoisotopic (exact) mass is 312 g/mol. The van der Waals surface area contributed by atoms with Crippen LogP contribution in [0.3, 0.4) is 0 Å². The minimum atomic E-state index is 0. The SMILES string of the molecule is Cl.NC[C@@H]1CN(CC2CCSC2)C[C@H]1c1ccccc1. The molecule has 2 aliphatic rings. The number of likely N-dealkylation sites (tertiary alicyclic amines) is 1. The molecule has 2 heterocycles. The van der Waals surface area contributed by atoms with E-state index < -0.39 is 0 Å². The topological polar surface area (TPSA) is 29.3 Å². The molecule has 0 spiro atoms. The Kier molecular flexibility index (Phi) is 6.21. The summed E-state index contributed by atoms with van der Waals surface area (Å²) < 4.78 is 0. The molecule has 2 N–H and O–H groups in total. The van der Waals surface area contributed by atoms with Crippen LogP contribution in [0.5, 0.6) is 0 Å². The summed E-state index contributed by atoms with van der Waals surface area (Å²) in [6, 6.07) is 10.9. The van der Waals surface area contributed by atoms with E-state index in [9.17, 15) is 0 Å². The Labute approximate surface area is 132 Å². The molecule has 2 aliphatic heterocycles. The van der Waals surface area contributed by atoms with Crippen molar-refractivity contribution in [2.24, 2.45) is 17.6 Å². The maximum Gasteiger partial charge on any atom is 0.00542 e.